The van der Waals surface area contributed by atoms with Gasteiger partial charge < -0.3 is 0 Å². The number of benzene rings is 6. The number of nitrogens with zero attached hydrogens (tertiary/aromatic N) is 2. The molecule has 0 aliphatic rings. The smallest absolute Gasteiger partial charge is 0.207 e. The molecule has 6 heteroatoms. The molecule has 0 spiro atoms. The second kappa shape index (κ2) is 14.9. The summed E-state index contributed by atoms with van der Waals surface area (Å²) >= 11 is 0. The van der Waals surface area contributed by atoms with E-state index in [0.29, 0.717) is 26.2 Å². The molecule has 0 amide bonds. The normalized spacial score (nSPS) is 12.0. The third kappa shape index (κ3) is 6.92. The highest BCUT2D eigenvalue weighted by molar-refractivity contribution is 7.77. The Morgan fingerprint density at radius 1 is 0.326 bits per heavy atom. The second-order valence-electron chi connectivity index (χ2n) is 11.2. The first kappa shape index (κ1) is 31.7. The molecule has 46 heavy (non-hydrogen) atoms. The molecule has 6 aromatic rings. The van der Waals surface area contributed by atoms with Crippen molar-refractivity contribution in [1.29, 1.82) is 0 Å². The molecule has 0 aliphatic carbocycles. The van der Waals surface area contributed by atoms with Crippen molar-refractivity contribution in [1.82, 2.24) is 9.34 Å². The van der Waals surface area contributed by atoms with Crippen molar-refractivity contribution in [3.8, 4) is 0 Å². The zero-order valence-corrected chi connectivity index (χ0v) is 27.5. The summed E-state index contributed by atoms with van der Waals surface area (Å²) in [6, 6.07) is 59.5. The Bertz CT molecular complexity index is 1660. The summed E-state index contributed by atoms with van der Waals surface area (Å²) in [7, 11) is -6.64. The topological polar surface area (TPSA) is 40.6 Å². The Labute approximate surface area is 272 Å². The van der Waals surface area contributed by atoms with Crippen molar-refractivity contribution in [2.45, 2.75) is 13.1 Å². The van der Waals surface area contributed by atoms with E-state index in [1.165, 1.54) is 0 Å². The predicted octanol–water partition coefficient (Wildman–Crippen LogP) is 7.85. The van der Waals surface area contributed by atoms with Crippen molar-refractivity contribution >= 4 is 35.8 Å². The van der Waals surface area contributed by atoms with Crippen LogP contribution in [0.15, 0.2) is 182 Å². The fraction of sp³-hybridized carbons (Fsp3) is 0.100. The Morgan fingerprint density at radius 3 is 0.783 bits per heavy atom. The van der Waals surface area contributed by atoms with Crippen LogP contribution in [0.3, 0.4) is 0 Å². The third-order valence-electron chi connectivity index (χ3n) is 8.25. The zero-order chi connectivity index (χ0) is 31.7. The van der Waals surface area contributed by atoms with Crippen LogP contribution in [0, 0.1) is 0 Å². The highest BCUT2D eigenvalue weighted by Gasteiger charge is 2.38. The molecule has 0 saturated carbocycles. The van der Waals surface area contributed by atoms with Gasteiger partial charge in [-0.05, 0) is 59.7 Å². The zero-order valence-electron chi connectivity index (χ0n) is 25.8. The van der Waals surface area contributed by atoms with Crippen molar-refractivity contribution in [2.24, 2.45) is 0 Å². The molecule has 230 valence electrons. The molecule has 0 aromatic heterocycles. The molecule has 0 aliphatic heterocycles. The van der Waals surface area contributed by atoms with E-state index in [4.69, 9.17) is 0 Å². The maximum Gasteiger partial charge on any atom is 0.207 e. The molecule has 0 bridgehead atoms. The van der Waals surface area contributed by atoms with Crippen LogP contribution in [0.2, 0.25) is 0 Å². The van der Waals surface area contributed by atoms with Gasteiger partial charge in [0.15, 0.2) is 0 Å². The lowest BCUT2D eigenvalue weighted by Crippen LogP contribution is -2.40. The maximum absolute atomic E-state index is 15.7. The Morgan fingerprint density at radius 2 is 0.543 bits per heavy atom. The van der Waals surface area contributed by atoms with E-state index in [2.05, 4.69) is 33.6 Å². The first-order valence-electron chi connectivity index (χ1n) is 15.6. The van der Waals surface area contributed by atoms with Crippen molar-refractivity contribution in [2.75, 3.05) is 13.1 Å². The number of hydrogen-bond acceptors (Lipinski definition) is 2. The maximum atomic E-state index is 15.7. The summed E-state index contributed by atoms with van der Waals surface area (Å²) in [5.74, 6) is 0. The molecule has 0 N–H and O–H groups in total. The van der Waals surface area contributed by atoms with Gasteiger partial charge in [0, 0.05) is 47.4 Å². The van der Waals surface area contributed by atoms with Crippen molar-refractivity contribution < 1.29 is 9.13 Å². The summed E-state index contributed by atoms with van der Waals surface area (Å²) < 4.78 is 35.7. The fourth-order valence-electron chi connectivity index (χ4n) is 5.93. The van der Waals surface area contributed by atoms with E-state index < -0.39 is 14.6 Å². The molecule has 6 aromatic carbocycles. The van der Waals surface area contributed by atoms with Crippen LogP contribution in [0.4, 0.5) is 0 Å². The van der Waals surface area contributed by atoms with Crippen LogP contribution < -0.4 is 21.2 Å². The van der Waals surface area contributed by atoms with Gasteiger partial charge in [-0.2, -0.15) is 0 Å². The fourth-order valence-corrected chi connectivity index (χ4v) is 11.6. The predicted molar refractivity (Wildman–Crippen MR) is 193 cm³/mol. The summed E-state index contributed by atoms with van der Waals surface area (Å²) in [5, 5.41) is 3.11. The standard InChI is InChI=1S/C40H38N2O2P2/c43-45(37-23-11-3-12-24-37,38-25-13-4-14-26-38)41(33-35-19-7-1-8-20-35)31-32-42(34-36-21-9-2-10-22-36)46(44,39-27-15-5-16-28-39)40-29-17-6-18-30-40/h1-30H,31-34H2. The monoisotopic (exact) mass is 640 g/mol. The molecular formula is C40H38N2O2P2. The minimum Gasteiger partial charge on any atom is -0.296 e. The van der Waals surface area contributed by atoms with E-state index in [0.717, 1.165) is 32.3 Å². The lowest BCUT2D eigenvalue weighted by atomic mass is 10.2. The number of hydrogen-bond donors (Lipinski definition) is 0. The lowest BCUT2D eigenvalue weighted by molar-refractivity contribution is 0.344. The van der Waals surface area contributed by atoms with Crippen molar-refractivity contribution in [3.05, 3.63) is 193 Å². The van der Waals surface area contributed by atoms with Crippen LogP contribution in [-0.4, -0.2) is 22.4 Å². The van der Waals surface area contributed by atoms with Crippen LogP contribution in [0.25, 0.3) is 0 Å². The van der Waals surface area contributed by atoms with Crippen LogP contribution in [0.1, 0.15) is 11.1 Å². The van der Waals surface area contributed by atoms with Crippen LogP contribution >= 0.6 is 14.6 Å². The lowest BCUT2D eigenvalue weighted by Gasteiger charge is -2.37. The number of rotatable bonds is 13. The van der Waals surface area contributed by atoms with Gasteiger partial charge in [-0.1, -0.05) is 133 Å². The van der Waals surface area contributed by atoms with Gasteiger partial charge in [-0.25, -0.2) is 9.34 Å². The average molecular weight is 641 g/mol. The van der Waals surface area contributed by atoms with Crippen LogP contribution in [0.5, 0.6) is 0 Å². The largest absolute Gasteiger partial charge is 0.296 e. The third-order valence-corrected chi connectivity index (χ3v) is 14.5. The Hall–Kier alpha value is -4.30. The molecule has 0 saturated heterocycles. The van der Waals surface area contributed by atoms with E-state index in [1.54, 1.807) is 0 Å². The van der Waals surface area contributed by atoms with E-state index in [-0.39, 0.29) is 0 Å². The Balaban J connectivity index is 1.47. The molecule has 0 radical (unpaired) electrons. The summed E-state index contributed by atoms with van der Waals surface area (Å²) in [6.45, 7) is 1.79. The first-order valence-corrected chi connectivity index (χ1v) is 18.9. The Kier molecular flexibility index (Phi) is 10.2. The van der Waals surface area contributed by atoms with E-state index in [1.807, 2.05) is 158 Å². The van der Waals surface area contributed by atoms with Crippen molar-refractivity contribution in [3.63, 3.8) is 0 Å². The molecule has 0 heterocycles. The van der Waals surface area contributed by atoms with Crippen LogP contribution in [-0.2, 0) is 22.2 Å². The van der Waals surface area contributed by atoms with Gasteiger partial charge in [-0.3, -0.25) is 9.13 Å². The molecule has 0 unspecified atom stereocenters. The van der Waals surface area contributed by atoms with E-state index in [9.17, 15) is 0 Å². The average Bonchev–Trinajstić information content (AvgIpc) is 3.14. The molecule has 0 fully saturated rings. The van der Waals surface area contributed by atoms with Gasteiger partial charge in [-0.15, -0.1) is 0 Å². The van der Waals surface area contributed by atoms with Gasteiger partial charge in [0.2, 0.25) is 14.6 Å². The molecule has 6 rings (SSSR count). The minimum absolute atomic E-state index is 0.423. The van der Waals surface area contributed by atoms with E-state index >= 15 is 9.13 Å². The second-order valence-corrected chi connectivity index (χ2v) is 16.7. The quantitative estimate of drug-likeness (QED) is 0.121. The SMILES string of the molecule is O=P(c1ccccc1)(c1ccccc1)N(CCN(Cc1ccccc1)P(=O)(c1ccccc1)c1ccccc1)Cc1ccccc1. The molecular weight excluding hydrogens is 602 g/mol. The highest BCUT2D eigenvalue weighted by Crippen LogP contribution is 2.51. The highest BCUT2D eigenvalue weighted by atomic mass is 31.2. The van der Waals surface area contributed by atoms with Gasteiger partial charge >= 0.3 is 0 Å². The molecule has 4 nitrogen and oxygen atoms in total. The van der Waals surface area contributed by atoms with Gasteiger partial charge in [0.25, 0.3) is 0 Å². The minimum atomic E-state index is -3.32. The first-order chi connectivity index (χ1) is 22.6. The summed E-state index contributed by atoms with van der Waals surface area (Å²) in [6.07, 6.45) is 0. The van der Waals surface area contributed by atoms with Gasteiger partial charge in [0.05, 0.1) is 0 Å². The summed E-state index contributed by atoms with van der Waals surface area (Å²) in [5.41, 5.74) is 2.14. The summed E-state index contributed by atoms with van der Waals surface area (Å²) in [4.78, 5) is 0. The van der Waals surface area contributed by atoms with Gasteiger partial charge in [0.1, 0.15) is 0 Å². The molecule has 0 atom stereocenters.